The number of hydrogen-bond acceptors (Lipinski definition) is 5. The number of aromatic nitrogens is 1. The molecule has 1 heterocycles. The minimum Gasteiger partial charge on any atom is -0.497 e. The predicted octanol–water partition coefficient (Wildman–Crippen LogP) is 2.90. The highest BCUT2D eigenvalue weighted by Crippen LogP contribution is 2.28. The van der Waals surface area contributed by atoms with E-state index in [1.807, 2.05) is 24.3 Å². The first-order valence-electron chi connectivity index (χ1n) is 5.47. The molecule has 1 aromatic heterocycles. The minimum atomic E-state index is -3.45. The number of hydrogen-bond donors (Lipinski definition) is 0. The summed E-state index contributed by atoms with van der Waals surface area (Å²) in [5, 5.41) is 2.77. The molecule has 0 amide bonds. The third-order valence-electron chi connectivity index (χ3n) is 2.50. The summed E-state index contributed by atoms with van der Waals surface area (Å²) in [5.74, 6) is 1.08. The third kappa shape index (κ3) is 3.99. The van der Waals surface area contributed by atoms with E-state index in [2.05, 4.69) is 4.98 Å². The molecule has 0 spiro atoms. The fourth-order valence-electron chi connectivity index (χ4n) is 1.61. The molecule has 0 radical (unpaired) electrons. The van der Waals surface area contributed by atoms with Gasteiger partial charge in [0.1, 0.15) is 10.8 Å². The van der Waals surface area contributed by atoms with Crippen molar-refractivity contribution in [2.75, 3.05) is 18.6 Å². The molecular weight excluding hydrogens is 306 g/mol. The molecule has 4 nitrogen and oxygen atoms in total. The SMILES string of the molecule is COc1ccc2c(SCCS(=O)(=O)Cl)nccc2c1. The van der Waals surface area contributed by atoms with E-state index in [9.17, 15) is 8.42 Å². The van der Waals surface area contributed by atoms with E-state index in [1.165, 1.54) is 11.8 Å². The molecule has 0 aliphatic rings. The molecule has 2 aromatic rings. The van der Waals surface area contributed by atoms with Crippen LogP contribution in [0.3, 0.4) is 0 Å². The maximum absolute atomic E-state index is 10.9. The Morgan fingerprint density at radius 3 is 2.84 bits per heavy atom. The number of benzene rings is 1. The second kappa shape index (κ2) is 5.98. The normalized spacial score (nSPS) is 11.7. The molecule has 0 aliphatic carbocycles. The number of rotatable bonds is 5. The van der Waals surface area contributed by atoms with Gasteiger partial charge in [0.15, 0.2) is 0 Å². The molecule has 2 rings (SSSR count). The molecule has 0 N–H and O–H groups in total. The summed E-state index contributed by atoms with van der Waals surface area (Å²) in [4.78, 5) is 4.27. The van der Waals surface area contributed by atoms with E-state index in [1.54, 1.807) is 13.3 Å². The van der Waals surface area contributed by atoms with Crippen LogP contribution < -0.4 is 4.74 Å². The number of nitrogens with zero attached hydrogens (tertiary/aromatic N) is 1. The van der Waals surface area contributed by atoms with Crippen LogP contribution in [0.25, 0.3) is 10.8 Å². The average molecular weight is 318 g/mol. The quantitative estimate of drug-likeness (QED) is 0.627. The van der Waals surface area contributed by atoms with Crippen LogP contribution in [0.2, 0.25) is 0 Å². The van der Waals surface area contributed by atoms with E-state index < -0.39 is 9.05 Å². The number of pyridine rings is 1. The Labute approximate surface area is 120 Å². The molecule has 1 aromatic carbocycles. The molecule has 0 saturated carbocycles. The number of ether oxygens (including phenoxy) is 1. The van der Waals surface area contributed by atoms with Crippen LogP contribution in [0.4, 0.5) is 0 Å². The highest BCUT2D eigenvalue weighted by Gasteiger charge is 2.08. The Morgan fingerprint density at radius 1 is 1.37 bits per heavy atom. The molecule has 7 heteroatoms. The van der Waals surface area contributed by atoms with Gasteiger partial charge >= 0.3 is 0 Å². The lowest BCUT2D eigenvalue weighted by Crippen LogP contribution is -2.00. The standard InChI is InChI=1S/C12H12ClNO3S2/c1-17-10-2-3-11-9(8-10)4-5-14-12(11)18-6-7-19(13,15)16/h2-5,8H,6-7H2,1H3. The molecule has 0 unspecified atom stereocenters. The summed E-state index contributed by atoms with van der Waals surface area (Å²) < 4.78 is 26.9. The topological polar surface area (TPSA) is 56.3 Å². The Morgan fingerprint density at radius 2 is 2.16 bits per heavy atom. The summed E-state index contributed by atoms with van der Waals surface area (Å²) in [5.41, 5.74) is 0. The first-order valence-corrected chi connectivity index (χ1v) is 8.94. The van der Waals surface area contributed by atoms with Crippen LogP contribution in [0, 0.1) is 0 Å². The van der Waals surface area contributed by atoms with Gasteiger partial charge in [-0.25, -0.2) is 13.4 Å². The zero-order valence-corrected chi connectivity index (χ0v) is 12.6. The number of methoxy groups -OCH3 is 1. The van der Waals surface area contributed by atoms with Crippen LogP contribution in [-0.2, 0) is 9.05 Å². The predicted molar refractivity (Wildman–Crippen MR) is 78.7 cm³/mol. The Hall–Kier alpha value is -0.980. The van der Waals surface area contributed by atoms with Gasteiger partial charge in [0.05, 0.1) is 12.9 Å². The van der Waals surface area contributed by atoms with Gasteiger partial charge in [-0.1, -0.05) is 0 Å². The molecule has 102 valence electrons. The van der Waals surface area contributed by atoms with Gasteiger partial charge in [-0.3, -0.25) is 0 Å². The summed E-state index contributed by atoms with van der Waals surface area (Å²) in [6, 6.07) is 7.57. The summed E-state index contributed by atoms with van der Waals surface area (Å²) in [7, 11) is 3.34. The highest BCUT2D eigenvalue weighted by molar-refractivity contribution is 8.14. The smallest absolute Gasteiger partial charge is 0.233 e. The Bertz CT molecular complexity index is 688. The molecule has 0 atom stereocenters. The van der Waals surface area contributed by atoms with Gasteiger partial charge in [-0.05, 0) is 29.7 Å². The van der Waals surface area contributed by atoms with Crippen molar-refractivity contribution in [3.05, 3.63) is 30.5 Å². The van der Waals surface area contributed by atoms with Crippen LogP contribution in [0.15, 0.2) is 35.5 Å². The number of halogens is 1. The summed E-state index contributed by atoms with van der Waals surface area (Å²) >= 11 is 1.37. The van der Waals surface area contributed by atoms with E-state index in [0.717, 1.165) is 21.5 Å². The van der Waals surface area contributed by atoms with Crippen molar-refractivity contribution >= 4 is 42.3 Å². The largest absolute Gasteiger partial charge is 0.497 e. The first-order chi connectivity index (χ1) is 8.99. The molecule has 0 aliphatic heterocycles. The average Bonchev–Trinajstić information content (AvgIpc) is 2.37. The van der Waals surface area contributed by atoms with Gasteiger partial charge in [0, 0.05) is 28.0 Å². The van der Waals surface area contributed by atoms with Crippen molar-refractivity contribution in [3.8, 4) is 5.75 Å². The first kappa shape index (κ1) is 14.4. The number of fused-ring (bicyclic) bond motifs is 1. The van der Waals surface area contributed by atoms with Gasteiger partial charge in [0.25, 0.3) is 0 Å². The number of thioether (sulfide) groups is 1. The maximum Gasteiger partial charge on any atom is 0.233 e. The van der Waals surface area contributed by atoms with Crippen molar-refractivity contribution in [1.82, 2.24) is 4.98 Å². The lowest BCUT2D eigenvalue weighted by Gasteiger charge is -2.06. The van der Waals surface area contributed by atoms with Crippen molar-refractivity contribution in [2.45, 2.75) is 5.03 Å². The van der Waals surface area contributed by atoms with Gasteiger partial charge in [-0.15, -0.1) is 11.8 Å². The monoisotopic (exact) mass is 317 g/mol. The highest BCUT2D eigenvalue weighted by atomic mass is 35.7. The molecule has 19 heavy (non-hydrogen) atoms. The van der Waals surface area contributed by atoms with Crippen molar-refractivity contribution in [2.24, 2.45) is 0 Å². The fraction of sp³-hybridized carbons (Fsp3) is 0.250. The Kier molecular flexibility index (Phi) is 4.54. The van der Waals surface area contributed by atoms with Gasteiger partial charge < -0.3 is 4.74 Å². The lowest BCUT2D eigenvalue weighted by molar-refractivity contribution is 0.415. The molecular formula is C12H12ClNO3S2. The van der Waals surface area contributed by atoms with Gasteiger partial charge in [-0.2, -0.15) is 0 Å². The van der Waals surface area contributed by atoms with Crippen LogP contribution in [0.5, 0.6) is 5.75 Å². The van der Waals surface area contributed by atoms with Crippen LogP contribution >= 0.6 is 22.4 Å². The fourth-order valence-corrected chi connectivity index (χ4v) is 3.97. The van der Waals surface area contributed by atoms with Crippen LogP contribution in [-0.4, -0.2) is 32.0 Å². The minimum absolute atomic E-state index is 0.0759. The zero-order valence-electron chi connectivity index (χ0n) is 10.2. The third-order valence-corrected chi connectivity index (χ3v) is 4.92. The van der Waals surface area contributed by atoms with Crippen LogP contribution in [0.1, 0.15) is 0 Å². The van der Waals surface area contributed by atoms with E-state index in [-0.39, 0.29) is 5.75 Å². The summed E-state index contributed by atoms with van der Waals surface area (Å²) in [6.07, 6.45) is 1.69. The van der Waals surface area contributed by atoms with E-state index in [4.69, 9.17) is 15.4 Å². The van der Waals surface area contributed by atoms with E-state index in [0.29, 0.717) is 5.75 Å². The van der Waals surface area contributed by atoms with Crippen molar-refractivity contribution in [1.29, 1.82) is 0 Å². The zero-order chi connectivity index (χ0) is 13.9. The lowest BCUT2D eigenvalue weighted by atomic mass is 10.2. The molecule has 0 fully saturated rings. The molecule has 0 saturated heterocycles. The van der Waals surface area contributed by atoms with Gasteiger partial charge in [0.2, 0.25) is 9.05 Å². The van der Waals surface area contributed by atoms with E-state index >= 15 is 0 Å². The molecule has 0 bridgehead atoms. The van der Waals surface area contributed by atoms with Crippen molar-refractivity contribution < 1.29 is 13.2 Å². The maximum atomic E-state index is 10.9. The second-order valence-corrected chi connectivity index (χ2v) is 7.77. The summed E-state index contributed by atoms with van der Waals surface area (Å²) in [6.45, 7) is 0. The second-order valence-electron chi connectivity index (χ2n) is 3.79. The van der Waals surface area contributed by atoms with Crippen molar-refractivity contribution in [3.63, 3.8) is 0 Å². The Balaban J connectivity index is 2.24.